The second-order valence-electron chi connectivity index (χ2n) is 3.66. The molecular weight excluding hydrogens is 160 g/mol. The summed E-state index contributed by atoms with van der Waals surface area (Å²) in [6.45, 7) is 5.46. The van der Waals surface area contributed by atoms with Crippen LogP contribution in [0.1, 0.15) is 23.4 Å². The Morgan fingerprint density at radius 2 is 2.08 bits per heavy atom. The molecule has 0 bridgehead atoms. The van der Waals surface area contributed by atoms with Crippen LogP contribution in [0.5, 0.6) is 0 Å². The van der Waals surface area contributed by atoms with E-state index in [1.165, 1.54) is 29.8 Å². The third-order valence-electron chi connectivity index (χ3n) is 2.75. The molecule has 0 saturated heterocycles. The van der Waals surface area contributed by atoms with E-state index in [0.717, 1.165) is 6.54 Å². The maximum atomic E-state index is 3.17. The van der Waals surface area contributed by atoms with Gasteiger partial charge in [-0.1, -0.05) is 0 Å². The minimum atomic E-state index is 1.10. The predicted octanol–water partition coefficient (Wildman–Crippen LogP) is 1.79. The lowest BCUT2D eigenvalue weighted by Crippen LogP contribution is -2.08. The predicted molar refractivity (Wildman–Crippen MR) is 57.1 cm³/mol. The van der Waals surface area contributed by atoms with Crippen molar-refractivity contribution in [3.8, 4) is 0 Å². The second kappa shape index (κ2) is 4.47. The molecule has 0 atom stereocenters. The largest absolute Gasteiger partial charge is 0.352 e. The van der Waals surface area contributed by atoms with E-state index in [-0.39, 0.29) is 0 Å². The van der Waals surface area contributed by atoms with Crippen molar-refractivity contribution in [1.82, 2.24) is 9.88 Å². The molecule has 0 amide bonds. The highest BCUT2D eigenvalue weighted by atomic mass is 14.9. The summed E-state index contributed by atoms with van der Waals surface area (Å²) >= 11 is 0. The minimum absolute atomic E-state index is 1.10. The Balaban J connectivity index is 2.61. The van der Waals surface area contributed by atoms with Crippen molar-refractivity contribution >= 4 is 0 Å². The first-order valence-electron chi connectivity index (χ1n) is 4.93. The monoisotopic (exact) mass is 180 g/mol. The number of hydrogen-bond donors (Lipinski definition) is 1. The molecule has 1 heterocycles. The van der Waals surface area contributed by atoms with Crippen molar-refractivity contribution in [3.63, 3.8) is 0 Å². The Hall–Kier alpha value is -0.760. The molecule has 2 nitrogen and oxygen atoms in total. The fourth-order valence-electron chi connectivity index (χ4n) is 1.64. The fraction of sp³-hybridized carbons (Fsp3) is 0.636. The Morgan fingerprint density at radius 1 is 1.38 bits per heavy atom. The van der Waals surface area contributed by atoms with E-state index in [2.05, 4.69) is 36.8 Å². The highest BCUT2D eigenvalue weighted by Gasteiger charge is 2.04. The lowest BCUT2D eigenvalue weighted by atomic mass is 10.1. The Kier molecular flexibility index (Phi) is 3.55. The van der Waals surface area contributed by atoms with Gasteiger partial charge < -0.3 is 9.88 Å². The van der Waals surface area contributed by atoms with Gasteiger partial charge in [0.1, 0.15) is 0 Å². The highest BCUT2D eigenvalue weighted by molar-refractivity contribution is 5.26. The van der Waals surface area contributed by atoms with Crippen LogP contribution >= 0.6 is 0 Å². The summed E-state index contributed by atoms with van der Waals surface area (Å²) in [6.07, 6.45) is 2.41. The number of aromatic nitrogens is 1. The molecule has 0 aliphatic carbocycles. The minimum Gasteiger partial charge on any atom is -0.352 e. The van der Waals surface area contributed by atoms with Crippen LogP contribution in [0.15, 0.2) is 6.07 Å². The average Bonchev–Trinajstić information content (AvgIpc) is 2.34. The van der Waals surface area contributed by atoms with Crippen molar-refractivity contribution in [2.24, 2.45) is 7.05 Å². The quantitative estimate of drug-likeness (QED) is 0.699. The summed E-state index contributed by atoms with van der Waals surface area (Å²) in [6, 6.07) is 2.30. The van der Waals surface area contributed by atoms with E-state index in [1.54, 1.807) is 0 Å². The van der Waals surface area contributed by atoms with Gasteiger partial charge in [0, 0.05) is 18.4 Å². The second-order valence-corrected chi connectivity index (χ2v) is 3.66. The van der Waals surface area contributed by atoms with Crippen LogP contribution in [0, 0.1) is 13.8 Å². The average molecular weight is 180 g/mol. The van der Waals surface area contributed by atoms with Crippen LogP contribution in [0.25, 0.3) is 0 Å². The van der Waals surface area contributed by atoms with Crippen LogP contribution < -0.4 is 5.32 Å². The van der Waals surface area contributed by atoms with Crippen molar-refractivity contribution in [2.45, 2.75) is 26.7 Å². The molecule has 0 aliphatic rings. The molecule has 0 aromatic carbocycles. The topological polar surface area (TPSA) is 17.0 Å². The summed E-state index contributed by atoms with van der Waals surface area (Å²) in [5.74, 6) is 0. The van der Waals surface area contributed by atoms with Crippen molar-refractivity contribution in [2.75, 3.05) is 13.6 Å². The molecule has 0 aliphatic heterocycles. The molecule has 2 heteroatoms. The number of hydrogen-bond acceptors (Lipinski definition) is 1. The van der Waals surface area contributed by atoms with E-state index < -0.39 is 0 Å². The van der Waals surface area contributed by atoms with E-state index in [0.29, 0.717) is 0 Å². The number of nitrogens with zero attached hydrogens (tertiary/aromatic N) is 1. The Labute approximate surface area is 81.0 Å². The molecule has 0 saturated carbocycles. The van der Waals surface area contributed by atoms with E-state index in [1.807, 2.05) is 7.05 Å². The van der Waals surface area contributed by atoms with Crippen molar-refractivity contribution in [1.29, 1.82) is 0 Å². The first-order chi connectivity index (χ1) is 6.16. The summed E-state index contributed by atoms with van der Waals surface area (Å²) in [5, 5.41) is 3.17. The smallest absolute Gasteiger partial charge is 0.0175 e. The van der Waals surface area contributed by atoms with Gasteiger partial charge in [0.25, 0.3) is 0 Å². The fourth-order valence-corrected chi connectivity index (χ4v) is 1.64. The third-order valence-corrected chi connectivity index (χ3v) is 2.75. The molecule has 13 heavy (non-hydrogen) atoms. The van der Waals surface area contributed by atoms with Gasteiger partial charge in [-0.15, -0.1) is 0 Å². The van der Waals surface area contributed by atoms with Crippen LogP contribution in [0.3, 0.4) is 0 Å². The maximum absolute atomic E-state index is 3.17. The van der Waals surface area contributed by atoms with Gasteiger partial charge >= 0.3 is 0 Å². The lowest BCUT2D eigenvalue weighted by Gasteiger charge is -2.02. The van der Waals surface area contributed by atoms with Gasteiger partial charge in [0.05, 0.1) is 0 Å². The van der Waals surface area contributed by atoms with Gasteiger partial charge in [-0.05, 0) is 51.9 Å². The summed E-state index contributed by atoms with van der Waals surface area (Å²) in [7, 11) is 4.13. The number of aryl methyl sites for hydroxylation is 2. The van der Waals surface area contributed by atoms with E-state index in [9.17, 15) is 0 Å². The van der Waals surface area contributed by atoms with E-state index >= 15 is 0 Å². The molecule has 1 N–H and O–H groups in total. The van der Waals surface area contributed by atoms with Gasteiger partial charge in [-0.25, -0.2) is 0 Å². The lowest BCUT2D eigenvalue weighted by molar-refractivity contribution is 0.720. The van der Waals surface area contributed by atoms with Gasteiger partial charge in [0.2, 0.25) is 0 Å². The Morgan fingerprint density at radius 3 is 2.54 bits per heavy atom. The van der Waals surface area contributed by atoms with Crippen molar-refractivity contribution < 1.29 is 0 Å². The third kappa shape index (κ3) is 2.34. The first kappa shape index (κ1) is 10.3. The zero-order valence-corrected chi connectivity index (χ0v) is 9.15. The zero-order chi connectivity index (χ0) is 9.84. The summed E-state index contributed by atoms with van der Waals surface area (Å²) in [4.78, 5) is 0. The molecule has 1 rings (SSSR count). The maximum Gasteiger partial charge on any atom is 0.0175 e. The van der Waals surface area contributed by atoms with Gasteiger partial charge in [-0.3, -0.25) is 0 Å². The molecule has 0 spiro atoms. The molecule has 1 aromatic rings. The molecule has 74 valence electrons. The number of rotatable bonds is 4. The van der Waals surface area contributed by atoms with E-state index in [4.69, 9.17) is 0 Å². The van der Waals surface area contributed by atoms with Gasteiger partial charge in [-0.2, -0.15) is 0 Å². The Bertz CT molecular complexity index is 274. The van der Waals surface area contributed by atoms with Crippen LogP contribution in [-0.4, -0.2) is 18.2 Å². The molecule has 1 aromatic heterocycles. The zero-order valence-electron chi connectivity index (χ0n) is 9.15. The highest BCUT2D eigenvalue weighted by Crippen LogP contribution is 2.14. The SMILES string of the molecule is CNCCCc1cc(C)n(C)c1C. The van der Waals surface area contributed by atoms with Gasteiger partial charge in [0.15, 0.2) is 0 Å². The molecular formula is C11H20N2. The van der Waals surface area contributed by atoms with Crippen LogP contribution in [0.2, 0.25) is 0 Å². The molecule has 0 fully saturated rings. The van der Waals surface area contributed by atoms with Crippen molar-refractivity contribution in [3.05, 3.63) is 23.0 Å². The number of nitrogens with one attached hydrogen (secondary N) is 1. The van der Waals surface area contributed by atoms with Crippen LogP contribution in [-0.2, 0) is 13.5 Å². The molecule has 0 unspecified atom stereocenters. The summed E-state index contributed by atoms with van der Waals surface area (Å²) in [5.41, 5.74) is 4.26. The summed E-state index contributed by atoms with van der Waals surface area (Å²) < 4.78 is 2.26. The normalized spacial score (nSPS) is 10.8. The first-order valence-corrected chi connectivity index (χ1v) is 4.93. The van der Waals surface area contributed by atoms with Crippen LogP contribution in [0.4, 0.5) is 0 Å². The standard InChI is InChI=1S/C11H20N2/c1-9-8-11(6-5-7-12-3)10(2)13(9)4/h8,12H,5-7H2,1-4H3. The molecule has 0 radical (unpaired) electrons.